The molecule has 0 radical (unpaired) electrons. The molecule has 0 aromatic carbocycles. The van der Waals surface area contributed by atoms with Gasteiger partial charge in [0.1, 0.15) is 11.9 Å². The second-order valence-corrected chi connectivity index (χ2v) is 3.63. The fourth-order valence-corrected chi connectivity index (χ4v) is 1.86. The number of hydrogen-bond donors (Lipinski definition) is 2. The van der Waals surface area contributed by atoms with Crippen LogP contribution in [0.15, 0.2) is 6.20 Å². The van der Waals surface area contributed by atoms with Crippen LogP contribution in [-0.4, -0.2) is 21.2 Å². The van der Waals surface area contributed by atoms with Crippen molar-refractivity contribution >= 4 is 0 Å². The lowest BCUT2D eigenvalue weighted by atomic mass is 10.2. The highest BCUT2D eigenvalue weighted by Crippen LogP contribution is 2.21. The molecule has 1 aromatic heterocycles. The second kappa shape index (κ2) is 3.12. The summed E-state index contributed by atoms with van der Waals surface area (Å²) < 4.78 is 2.13. The van der Waals surface area contributed by atoms with Crippen molar-refractivity contribution in [1.29, 1.82) is 0 Å². The van der Waals surface area contributed by atoms with E-state index in [1.807, 2.05) is 6.20 Å². The third kappa shape index (κ3) is 1.36. The van der Waals surface area contributed by atoms with Crippen LogP contribution in [0.5, 0.6) is 0 Å². The Morgan fingerprint density at radius 1 is 1.77 bits per heavy atom. The SMILES string of the molecule is C[C@@H](O)c1ncc2n1[C@@H](C)CNC2. The zero-order chi connectivity index (χ0) is 9.42. The lowest BCUT2D eigenvalue weighted by Gasteiger charge is -2.25. The lowest BCUT2D eigenvalue weighted by Crippen LogP contribution is -2.32. The first-order valence-electron chi connectivity index (χ1n) is 4.65. The van der Waals surface area contributed by atoms with Gasteiger partial charge in [-0.1, -0.05) is 0 Å². The number of imidazole rings is 1. The summed E-state index contributed by atoms with van der Waals surface area (Å²) in [6.45, 7) is 5.68. The fraction of sp³-hybridized carbons (Fsp3) is 0.667. The normalized spacial score (nSPS) is 24.1. The van der Waals surface area contributed by atoms with Crippen molar-refractivity contribution in [2.45, 2.75) is 32.5 Å². The van der Waals surface area contributed by atoms with Crippen LogP contribution in [0.4, 0.5) is 0 Å². The Kier molecular flexibility index (Phi) is 2.09. The van der Waals surface area contributed by atoms with Gasteiger partial charge >= 0.3 is 0 Å². The van der Waals surface area contributed by atoms with E-state index in [0.29, 0.717) is 6.04 Å². The van der Waals surface area contributed by atoms with Crippen LogP contribution in [-0.2, 0) is 6.54 Å². The van der Waals surface area contributed by atoms with Gasteiger partial charge in [-0.2, -0.15) is 0 Å². The summed E-state index contributed by atoms with van der Waals surface area (Å²) in [4.78, 5) is 4.22. The number of rotatable bonds is 1. The Morgan fingerprint density at radius 2 is 2.54 bits per heavy atom. The lowest BCUT2D eigenvalue weighted by molar-refractivity contribution is 0.179. The molecule has 0 aliphatic carbocycles. The first-order valence-corrected chi connectivity index (χ1v) is 4.65. The van der Waals surface area contributed by atoms with Gasteiger partial charge in [0.25, 0.3) is 0 Å². The van der Waals surface area contributed by atoms with E-state index in [1.165, 1.54) is 0 Å². The molecule has 0 saturated heterocycles. The zero-order valence-electron chi connectivity index (χ0n) is 7.99. The van der Waals surface area contributed by atoms with Crippen LogP contribution in [0.25, 0.3) is 0 Å². The van der Waals surface area contributed by atoms with Gasteiger partial charge in [-0.3, -0.25) is 0 Å². The largest absolute Gasteiger partial charge is 0.385 e. The summed E-state index contributed by atoms with van der Waals surface area (Å²) in [5.74, 6) is 0.781. The van der Waals surface area contributed by atoms with Gasteiger partial charge in [0.2, 0.25) is 0 Å². The molecule has 72 valence electrons. The van der Waals surface area contributed by atoms with Crippen LogP contribution in [0, 0.1) is 0 Å². The smallest absolute Gasteiger partial charge is 0.137 e. The first kappa shape index (κ1) is 8.72. The molecule has 0 unspecified atom stereocenters. The van der Waals surface area contributed by atoms with E-state index in [1.54, 1.807) is 6.92 Å². The number of aromatic nitrogens is 2. The number of aliphatic hydroxyl groups is 1. The van der Waals surface area contributed by atoms with Crippen LogP contribution in [0.1, 0.15) is 37.5 Å². The molecule has 0 fully saturated rings. The van der Waals surface area contributed by atoms with Gasteiger partial charge < -0.3 is 15.0 Å². The topological polar surface area (TPSA) is 50.1 Å². The Bertz CT molecular complexity index is 306. The standard InChI is InChI=1S/C9H15N3O/c1-6-3-10-4-8-5-11-9(7(2)13)12(6)8/h5-7,10,13H,3-4H2,1-2H3/t6-,7+/m0/s1. The number of nitrogens with one attached hydrogen (secondary N) is 1. The maximum atomic E-state index is 9.48. The second-order valence-electron chi connectivity index (χ2n) is 3.63. The van der Waals surface area contributed by atoms with E-state index in [2.05, 4.69) is 21.8 Å². The molecule has 13 heavy (non-hydrogen) atoms. The molecule has 0 spiro atoms. The van der Waals surface area contributed by atoms with E-state index < -0.39 is 6.10 Å². The minimum atomic E-state index is -0.478. The molecule has 2 N–H and O–H groups in total. The first-order chi connectivity index (χ1) is 6.20. The zero-order valence-corrected chi connectivity index (χ0v) is 7.99. The van der Waals surface area contributed by atoms with E-state index >= 15 is 0 Å². The molecule has 1 aromatic rings. The Balaban J connectivity index is 2.44. The number of aliphatic hydroxyl groups excluding tert-OH is 1. The molecule has 4 heteroatoms. The predicted molar refractivity (Wildman–Crippen MR) is 49.3 cm³/mol. The van der Waals surface area contributed by atoms with Crippen molar-refractivity contribution in [3.63, 3.8) is 0 Å². The van der Waals surface area contributed by atoms with Crippen LogP contribution < -0.4 is 5.32 Å². The number of nitrogens with zero attached hydrogens (tertiary/aromatic N) is 2. The molecule has 0 bridgehead atoms. The third-order valence-electron chi connectivity index (χ3n) is 2.46. The Labute approximate surface area is 77.6 Å². The molecule has 2 atom stereocenters. The summed E-state index contributed by atoms with van der Waals surface area (Å²) in [6.07, 6.45) is 1.36. The molecule has 0 amide bonds. The van der Waals surface area contributed by atoms with E-state index in [-0.39, 0.29) is 0 Å². The van der Waals surface area contributed by atoms with Crippen molar-refractivity contribution in [1.82, 2.24) is 14.9 Å². The monoisotopic (exact) mass is 181 g/mol. The quantitative estimate of drug-likeness (QED) is 0.667. The van der Waals surface area contributed by atoms with Crippen molar-refractivity contribution < 1.29 is 5.11 Å². The van der Waals surface area contributed by atoms with Gasteiger partial charge in [0.15, 0.2) is 0 Å². The van der Waals surface area contributed by atoms with E-state index in [0.717, 1.165) is 24.6 Å². The number of fused-ring (bicyclic) bond motifs is 1. The van der Waals surface area contributed by atoms with E-state index in [4.69, 9.17) is 0 Å². The van der Waals surface area contributed by atoms with Crippen molar-refractivity contribution in [2.75, 3.05) is 6.54 Å². The Morgan fingerprint density at radius 3 is 3.23 bits per heavy atom. The minimum absolute atomic E-state index is 0.385. The average molecular weight is 181 g/mol. The third-order valence-corrected chi connectivity index (χ3v) is 2.46. The van der Waals surface area contributed by atoms with Crippen molar-refractivity contribution in [3.8, 4) is 0 Å². The molecule has 4 nitrogen and oxygen atoms in total. The summed E-state index contributed by atoms with van der Waals surface area (Å²) >= 11 is 0. The summed E-state index contributed by atoms with van der Waals surface area (Å²) in [7, 11) is 0. The molecule has 2 heterocycles. The van der Waals surface area contributed by atoms with Gasteiger partial charge in [0, 0.05) is 25.3 Å². The Hall–Kier alpha value is -0.870. The average Bonchev–Trinajstić information content (AvgIpc) is 2.49. The number of hydrogen-bond acceptors (Lipinski definition) is 3. The highest BCUT2D eigenvalue weighted by atomic mass is 16.3. The molecule has 1 aliphatic rings. The summed E-state index contributed by atoms with van der Waals surface area (Å²) in [6, 6.07) is 0.385. The van der Waals surface area contributed by atoms with Gasteiger partial charge in [-0.15, -0.1) is 0 Å². The van der Waals surface area contributed by atoms with Crippen molar-refractivity contribution in [2.24, 2.45) is 0 Å². The van der Waals surface area contributed by atoms with Crippen molar-refractivity contribution in [3.05, 3.63) is 17.7 Å². The molecular formula is C9H15N3O. The maximum Gasteiger partial charge on any atom is 0.137 e. The predicted octanol–water partition coefficient (Wildman–Crippen LogP) is 0.601. The molecule has 0 saturated carbocycles. The van der Waals surface area contributed by atoms with Gasteiger partial charge in [-0.25, -0.2) is 4.98 Å². The van der Waals surface area contributed by atoms with Gasteiger partial charge in [-0.05, 0) is 13.8 Å². The summed E-state index contributed by atoms with van der Waals surface area (Å²) in [5, 5.41) is 12.8. The molecule has 1 aliphatic heterocycles. The fourth-order valence-electron chi connectivity index (χ4n) is 1.86. The minimum Gasteiger partial charge on any atom is -0.385 e. The highest BCUT2D eigenvalue weighted by molar-refractivity contribution is 5.11. The highest BCUT2D eigenvalue weighted by Gasteiger charge is 2.21. The van der Waals surface area contributed by atoms with Crippen LogP contribution in [0.2, 0.25) is 0 Å². The molecule has 2 rings (SSSR count). The molecular weight excluding hydrogens is 166 g/mol. The summed E-state index contributed by atoms with van der Waals surface area (Å²) in [5.41, 5.74) is 1.16. The van der Waals surface area contributed by atoms with Crippen LogP contribution in [0.3, 0.4) is 0 Å². The van der Waals surface area contributed by atoms with E-state index in [9.17, 15) is 5.11 Å². The maximum absolute atomic E-state index is 9.48. The van der Waals surface area contributed by atoms with Gasteiger partial charge in [0.05, 0.1) is 5.69 Å². The van der Waals surface area contributed by atoms with Crippen LogP contribution >= 0.6 is 0 Å².